The molecule has 0 aliphatic carbocycles. The van der Waals surface area contributed by atoms with Crippen molar-refractivity contribution in [1.29, 1.82) is 0 Å². The monoisotopic (exact) mass is 405 g/mol. The smallest absolute Gasteiger partial charge is 0.295 e. The SMILES string of the molecule is CCCCCN1C(=O)C(=O)/C(=C(\O)c2ccc(C)cc2)C1c1ccc(C(C)C)cc1. The number of nitrogens with zero attached hydrogens (tertiary/aromatic N) is 1. The number of aliphatic hydroxyl groups excluding tert-OH is 1. The fraction of sp³-hybridized carbons (Fsp3) is 0.385. The van der Waals surface area contributed by atoms with Crippen molar-refractivity contribution in [3.05, 3.63) is 76.4 Å². The number of hydrogen-bond donors (Lipinski definition) is 1. The van der Waals surface area contributed by atoms with Gasteiger partial charge in [-0.1, -0.05) is 87.7 Å². The fourth-order valence-electron chi connectivity index (χ4n) is 3.92. The standard InChI is InChI=1S/C26H31NO3/c1-5-6-7-16-27-23(20-14-12-19(13-15-20)17(2)3)22(25(29)26(27)30)24(28)21-10-8-18(4)9-11-21/h8-15,17,23,28H,5-7,16H2,1-4H3/b24-22-. The molecule has 1 saturated heterocycles. The zero-order chi connectivity index (χ0) is 21.8. The fourth-order valence-corrected chi connectivity index (χ4v) is 3.92. The minimum atomic E-state index is -0.609. The van der Waals surface area contributed by atoms with Crippen molar-refractivity contribution in [2.24, 2.45) is 0 Å². The van der Waals surface area contributed by atoms with Gasteiger partial charge in [0.1, 0.15) is 5.76 Å². The maximum absolute atomic E-state index is 13.0. The van der Waals surface area contributed by atoms with Crippen LogP contribution in [-0.2, 0) is 9.59 Å². The van der Waals surface area contributed by atoms with E-state index in [0.29, 0.717) is 18.0 Å². The van der Waals surface area contributed by atoms with Crippen LogP contribution in [0.15, 0.2) is 54.1 Å². The van der Waals surface area contributed by atoms with Crippen LogP contribution >= 0.6 is 0 Å². The van der Waals surface area contributed by atoms with Gasteiger partial charge in [-0.3, -0.25) is 9.59 Å². The Bertz CT molecular complexity index is 939. The van der Waals surface area contributed by atoms with Crippen molar-refractivity contribution >= 4 is 17.4 Å². The van der Waals surface area contributed by atoms with E-state index in [0.717, 1.165) is 30.4 Å². The lowest BCUT2D eigenvalue weighted by atomic mass is 9.93. The van der Waals surface area contributed by atoms with Gasteiger partial charge in [-0.2, -0.15) is 0 Å². The Morgan fingerprint density at radius 2 is 1.63 bits per heavy atom. The highest BCUT2D eigenvalue weighted by Gasteiger charge is 2.45. The molecule has 1 aliphatic heterocycles. The predicted molar refractivity (Wildman–Crippen MR) is 120 cm³/mol. The maximum atomic E-state index is 13.0. The van der Waals surface area contributed by atoms with Crippen molar-refractivity contribution in [3.63, 3.8) is 0 Å². The minimum Gasteiger partial charge on any atom is -0.507 e. The molecule has 0 bridgehead atoms. The summed E-state index contributed by atoms with van der Waals surface area (Å²) in [6.07, 6.45) is 2.84. The summed E-state index contributed by atoms with van der Waals surface area (Å²) in [5.41, 5.74) is 3.84. The van der Waals surface area contributed by atoms with E-state index in [1.807, 2.05) is 43.3 Å². The molecule has 1 heterocycles. The molecule has 3 rings (SSSR count). The lowest BCUT2D eigenvalue weighted by molar-refractivity contribution is -0.139. The molecule has 2 aromatic rings. The Kier molecular flexibility index (Phi) is 6.76. The molecule has 1 unspecified atom stereocenters. The Morgan fingerprint density at radius 1 is 1.00 bits per heavy atom. The lowest BCUT2D eigenvalue weighted by Crippen LogP contribution is -2.30. The van der Waals surface area contributed by atoms with Crippen LogP contribution < -0.4 is 0 Å². The summed E-state index contributed by atoms with van der Waals surface area (Å²) in [5.74, 6) is -0.855. The molecule has 30 heavy (non-hydrogen) atoms. The van der Waals surface area contributed by atoms with Gasteiger partial charge in [0.05, 0.1) is 11.6 Å². The number of carbonyl (C=O) groups is 2. The van der Waals surface area contributed by atoms with Gasteiger partial charge in [0.15, 0.2) is 0 Å². The van der Waals surface area contributed by atoms with E-state index in [-0.39, 0.29) is 11.3 Å². The van der Waals surface area contributed by atoms with Gasteiger partial charge in [0, 0.05) is 12.1 Å². The third-order valence-electron chi connectivity index (χ3n) is 5.79. The normalized spacial score (nSPS) is 18.4. The van der Waals surface area contributed by atoms with E-state index in [9.17, 15) is 14.7 Å². The largest absolute Gasteiger partial charge is 0.507 e. The zero-order valence-electron chi connectivity index (χ0n) is 18.3. The second-order valence-corrected chi connectivity index (χ2v) is 8.39. The molecule has 0 spiro atoms. The number of carbonyl (C=O) groups excluding carboxylic acids is 2. The van der Waals surface area contributed by atoms with Crippen LogP contribution in [-0.4, -0.2) is 28.2 Å². The molecule has 1 N–H and O–H groups in total. The molecule has 1 amide bonds. The summed E-state index contributed by atoms with van der Waals surface area (Å²) >= 11 is 0. The molecule has 158 valence electrons. The summed E-state index contributed by atoms with van der Waals surface area (Å²) in [4.78, 5) is 27.5. The predicted octanol–water partition coefficient (Wildman–Crippen LogP) is 5.73. The van der Waals surface area contributed by atoms with Gasteiger partial charge in [-0.15, -0.1) is 0 Å². The van der Waals surface area contributed by atoms with Gasteiger partial charge >= 0.3 is 0 Å². The van der Waals surface area contributed by atoms with Crippen molar-refractivity contribution in [3.8, 4) is 0 Å². The molecule has 0 radical (unpaired) electrons. The molecule has 4 heteroatoms. The molecule has 1 aliphatic rings. The first-order valence-electron chi connectivity index (χ1n) is 10.8. The van der Waals surface area contributed by atoms with Crippen LogP contribution in [0.1, 0.15) is 74.2 Å². The number of aliphatic hydroxyl groups is 1. The number of amides is 1. The van der Waals surface area contributed by atoms with Crippen molar-refractivity contribution in [1.82, 2.24) is 4.90 Å². The number of likely N-dealkylation sites (tertiary alicyclic amines) is 1. The molecular weight excluding hydrogens is 374 g/mol. The Morgan fingerprint density at radius 3 is 2.20 bits per heavy atom. The van der Waals surface area contributed by atoms with Crippen LogP contribution in [0.4, 0.5) is 0 Å². The Balaban J connectivity index is 2.10. The van der Waals surface area contributed by atoms with Crippen LogP contribution in [0.5, 0.6) is 0 Å². The van der Waals surface area contributed by atoms with E-state index in [1.165, 1.54) is 5.56 Å². The average molecular weight is 406 g/mol. The average Bonchev–Trinajstić information content (AvgIpc) is 2.99. The number of Topliss-reactive ketones (excluding diaryl/α,β-unsaturated/α-hetero) is 1. The third-order valence-corrected chi connectivity index (χ3v) is 5.79. The van der Waals surface area contributed by atoms with Gasteiger partial charge in [0.2, 0.25) is 0 Å². The van der Waals surface area contributed by atoms with Gasteiger partial charge in [0.25, 0.3) is 11.7 Å². The number of benzene rings is 2. The number of aryl methyl sites for hydroxylation is 1. The number of rotatable bonds is 7. The summed E-state index contributed by atoms with van der Waals surface area (Å²) < 4.78 is 0. The van der Waals surface area contributed by atoms with Crippen molar-refractivity contribution < 1.29 is 14.7 Å². The lowest BCUT2D eigenvalue weighted by Gasteiger charge is -2.25. The number of unbranched alkanes of at least 4 members (excludes halogenated alkanes) is 2. The first kappa shape index (κ1) is 21.8. The minimum absolute atomic E-state index is 0.107. The van der Waals surface area contributed by atoms with Gasteiger partial charge in [-0.25, -0.2) is 0 Å². The molecule has 1 fully saturated rings. The van der Waals surface area contributed by atoms with Gasteiger partial charge in [-0.05, 0) is 30.4 Å². The molecule has 0 saturated carbocycles. The maximum Gasteiger partial charge on any atom is 0.295 e. The molecule has 0 aromatic heterocycles. The van der Waals surface area contributed by atoms with Crippen LogP contribution in [0, 0.1) is 6.92 Å². The second kappa shape index (κ2) is 9.29. The highest BCUT2D eigenvalue weighted by molar-refractivity contribution is 6.46. The summed E-state index contributed by atoms with van der Waals surface area (Å²) in [6, 6.07) is 14.8. The summed E-state index contributed by atoms with van der Waals surface area (Å²) in [7, 11) is 0. The first-order valence-corrected chi connectivity index (χ1v) is 10.8. The molecule has 2 aromatic carbocycles. The van der Waals surface area contributed by atoms with Crippen LogP contribution in [0.2, 0.25) is 0 Å². The van der Waals surface area contributed by atoms with Crippen molar-refractivity contribution in [2.75, 3.05) is 6.54 Å². The topological polar surface area (TPSA) is 57.6 Å². The van der Waals surface area contributed by atoms with E-state index in [2.05, 4.69) is 20.8 Å². The second-order valence-electron chi connectivity index (χ2n) is 8.39. The zero-order valence-corrected chi connectivity index (χ0v) is 18.3. The first-order chi connectivity index (χ1) is 14.3. The third kappa shape index (κ3) is 4.33. The van der Waals surface area contributed by atoms with E-state index in [1.54, 1.807) is 17.0 Å². The van der Waals surface area contributed by atoms with E-state index in [4.69, 9.17) is 0 Å². The number of ketones is 1. The quantitative estimate of drug-likeness (QED) is 0.277. The molecule has 1 atom stereocenters. The molecular formula is C26H31NO3. The van der Waals surface area contributed by atoms with Gasteiger partial charge < -0.3 is 10.0 Å². The molecule has 4 nitrogen and oxygen atoms in total. The Hall–Kier alpha value is -2.88. The van der Waals surface area contributed by atoms with Crippen LogP contribution in [0.25, 0.3) is 5.76 Å². The number of hydrogen-bond acceptors (Lipinski definition) is 3. The Labute approximate surface area is 179 Å². The summed E-state index contributed by atoms with van der Waals surface area (Å²) in [5, 5.41) is 11.0. The highest BCUT2D eigenvalue weighted by Crippen LogP contribution is 2.39. The van der Waals surface area contributed by atoms with Crippen molar-refractivity contribution in [2.45, 2.75) is 58.9 Å². The van der Waals surface area contributed by atoms with E-state index >= 15 is 0 Å². The van der Waals surface area contributed by atoms with Crippen LogP contribution in [0.3, 0.4) is 0 Å². The summed E-state index contributed by atoms with van der Waals surface area (Å²) in [6.45, 7) is 8.83. The highest BCUT2D eigenvalue weighted by atomic mass is 16.3. The van der Waals surface area contributed by atoms with E-state index < -0.39 is 17.7 Å².